The zero-order valence-electron chi connectivity index (χ0n) is 5.11. The first kappa shape index (κ1) is 7.17. The van der Waals surface area contributed by atoms with Gasteiger partial charge in [-0.3, -0.25) is 9.59 Å². The van der Waals surface area contributed by atoms with E-state index in [9.17, 15) is 9.59 Å². The standard InChI is InChI=1S/C5H7NO4/c6-5-4(10-5)2(7)1-3(8)9/h4-5H,1,6H2,(H,8,9). The molecule has 1 fully saturated rings. The van der Waals surface area contributed by atoms with E-state index >= 15 is 0 Å². The van der Waals surface area contributed by atoms with Gasteiger partial charge in [-0.15, -0.1) is 0 Å². The lowest BCUT2D eigenvalue weighted by Crippen LogP contribution is -2.17. The normalized spacial score (nSPS) is 29.7. The Hall–Kier alpha value is -0.940. The number of ketones is 1. The van der Waals surface area contributed by atoms with E-state index in [1.165, 1.54) is 0 Å². The van der Waals surface area contributed by atoms with Gasteiger partial charge < -0.3 is 15.6 Å². The average molecular weight is 145 g/mol. The molecule has 1 aliphatic heterocycles. The van der Waals surface area contributed by atoms with Gasteiger partial charge >= 0.3 is 5.97 Å². The van der Waals surface area contributed by atoms with Crippen molar-refractivity contribution in [2.45, 2.75) is 18.8 Å². The Morgan fingerprint density at radius 3 is 2.40 bits per heavy atom. The third-order valence-corrected chi connectivity index (χ3v) is 1.17. The highest BCUT2D eigenvalue weighted by molar-refractivity contribution is 5.98. The van der Waals surface area contributed by atoms with Gasteiger partial charge in [0.25, 0.3) is 0 Å². The van der Waals surface area contributed by atoms with E-state index < -0.39 is 30.5 Å². The monoisotopic (exact) mass is 145 g/mol. The van der Waals surface area contributed by atoms with E-state index in [4.69, 9.17) is 10.8 Å². The van der Waals surface area contributed by atoms with Crippen LogP contribution in [0.15, 0.2) is 0 Å². The first-order valence-corrected chi connectivity index (χ1v) is 2.77. The number of rotatable bonds is 3. The Bertz CT molecular complexity index is 178. The minimum Gasteiger partial charge on any atom is -0.481 e. The zero-order valence-corrected chi connectivity index (χ0v) is 5.11. The first-order valence-electron chi connectivity index (χ1n) is 2.77. The predicted molar refractivity (Wildman–Crippen MR) is 30.1 cm³/mol. The average Bonchev–Trinajstić information content (AvgIpc) is 2.44. The van der Waals surface area contributed by atoms with Crippen LogP contribution >= 0.6 is 0 Å². The van der Waals surface area contributed by atoms with Crippen LogP contribution in [0.5, 0.6) is 0 Å². The molecular weight excluding hydrogens is 138 g/mol. The Morgan fingerprint density at radius 1 is 1.60 bits per heavy atom. The van der Waals surface area contributed by atoms with E-state index in [-0.39, 0.29) is 0 Å². The molecule has 0 saturated carbocycles. The van der Waals surface area contributed by atoms with Gasteiger partial charge in [0.1, 0.15) is 12.6 Å². The summed E-state index contributed by atoms with van der Waals surface area (Å²) in [7, 11) is 0. The number of Topliss-reactive ketones (excluding diaryl/α,β-unsaturated/α-hetero) is 1. The number of carbonyl (C=O) groups is 2. The van der Waals surface area contributed by atoms with E-state index in [0.29, 0.717) is 0 Å². The fourth-order valence-corrected chi connectivity index (χ4v) is 0.633. The lowest BCUT2D eigenvalue weighted by atomic mass is 10.2. The number of carboxylic acid groups (broad SMARTS) is 1. The number of hydrogen-bond donors (Lipinski definition) is 2. The molecule has 0 amide bonds. The van der Waals surface area contributed by atoms with Crippen LogP contribution in [0.1, 0.15) is 6.42 Å². The van der Waals surface area contributed by atoms with E-state index in [1.807, 2.05) is 0 Å². The molecule has 0 radical (unpaired) electrons. The highest BCUT2D eigenvalue weighted by Crippen LogP contribution is 2.18. The van der Waals surface area contributed by atoms with Gasteiger partial charge in [0.2, 0.25) is 0 Å². The minimum atomic E-state index is -1.15. The Morgan fingerprint density at radius 2 is 2.10 bits per heavy atom. The fourth-order valence-electron chi connectivity index (χ4n) is 0.633. The summed E-state index contributed by atoms with van der Waals surface area (Å²) in [6.45, 7) is 0. The number of nitrogens with two attached hydrogens (primary N) is 1. The number of hydrogen-bond acceptors (Lipinski definition) is 4. The van der Waals surface area contributed by atoms with Gasteiger partial charge in [-0.1, -0.05) is 0 Å². The van der Waals surface area contributed by atoms with E-state index in [1.54, 1.807) is 0 Å². The number of carbonyl (C=O) groups excluding carboxylic acids is 1. The molecule has 3 N–H and O–H groups in total. The lowest BCUT2D eigenvalue weighted by molar-refractivity contribution is -0.140. The summed E-state index contributed by atoms with van der Waals surface area (Å²) in [5.41, 5.74) is 5.11. The molecule has 0 aromatic heterocycles. The maximum absolute atomic E-state index is 10.6. The number of carboxylic acids is 1. The predicted octanol–water partition coefficient (Wildman–Crippen LogP) is -1.29. The summed E-state index contributed by atoms with van der Waals surface area (Å²) in [5.74, 6) is -1.60. The summed E-state index contributed by atoms with van der Waals surface area (Å²) in [6.07, 6.45) is -1.75. The van der Waals surface area contributed by atoms with Crippen LogP contribution in [0.4, 0.5) is 0 Å². The van der Waals surface area contributed by atoms with Crippen LogP contribution in [0, 0.1) is 0 Å². The molecule has 2 unspecified atom stereocenters. The van der Waals surface area contributed by atoms with Crippen LogP contribution < -0.4 is 5.73 Å². The largest absolute Gasteiger partial charge is 0.481 e. The van der Waals surface area contributed by atoms with Crippen LogP contribution in [0.2, 0.25) is 0 Å². The number of epoxide rings is 1. The van der Waals surface area contributed by atoms with Crippen molar-refractivity contribution in [1.29, 1.82) is 0 Å². The highest BCUT2D eigenvalue weighted by atomic mass is 16.6. The van der Waals surface area contributed by atoms with Gasteiger partial charge in [0.15, 0.2) is 11.9 Å². The van der Waals surface area contributed by atoms with Crippen molar-refractivity contribution in [3.05, 3.63) is 0 Å². The summed E-state index contributed by atoms with van der Waals surface area (Å²) in [5, 5.41) is 8.13. The van der Waals surface area contributed by atoms with Crippen molar-refractivity contribution in [3.63, 3.8) is 0 Å². The van der Waals surface area contributed by atoms with Gasteiger partial charge in [0.05, 0.1) is 0 Å². The molecule has 0 aliphatic carbocycles. The quantitative estimate of drug-likeness (QED) is 0.381. The van der Waals surface area contributed by atoms with Gasteiger partial charge in [-0.05, 0) is 0 Å². The minimum absolute atomic E-state index is 0.458. The lowest BCUT2D eigenvalue weighted by Gasteiger charge is -1.87. The molecule has 5 nitrogen and oxygen atoms in total. The second-order valence-corrected chi connectivity index (χ2v) is 2.06. The molecule has 0 aromatic rings. The maximum Gasteiger partial charge on any atom is 0.310 e. The fraction of sp³-hybridized carbons (Fsp3) is 0.600. The SMILES string of the molecule is NC1OC1C(=O)CC(=O)O. The van der Waals surface area contributed by atoms with Crippen LogP contribution in [0.25, 0.3) is 0 Å². The first-order chi connectivity index (χ1) is 4.61. The van der Waals surface area contributed by atoms with Crippen molar-refractivity contribution in [2.75, 3.05) is 0 Å². The zero-order chi connectivity index (χ0) is 7.72. The molecule has 10 heavy (non-hydrogen) atoms. The Balaban J connectivity index is 2.30. The van der Waals surface area contributed by atoms with Gasteiger partial charge in [0, 0.05) is 0 Å². The second kappa shape index (κ2) is 2.36. The third-order valence-electron chi connectivity index (χ3n) is 1.17. The Labute approximate surface area is 56.8 Å². The third kappa shape index (κ3) is 1.52. The van der Waals surface area contributed by atoms with Crippen LogP contribution in [-0.4, -0.2) is 29.2 Å². The number of ether oxygens (including phenoxy) is 1. The smallest absolute Gasteiger partial charge is 0.310 e. The second-order valence-electron chi connectivity index (χ2n) is 2.06. The van der Waals surface area contributed by atoms with Crippen molar-refractivity contribution in [3.8, 4) is 0 Å². The molecule has 1 saturated heterocycles. The molecule has 0 bridgehead atoms. The van der Waals surface area contributed by atoms with Crippen molar-refractivity contribution in [1.82, 2.24) is 0 Å². The molecule has 2 atom stereocenters. The van der Waals surface area contributed by atoms with Crippen LogP contribution in [-0.2, 0) is 14.3 Å². The summed E-state index contributed by atoms with van der Waals surface area (Å²) in [4.78, 5) is 20.6. The van der Waals surface area contributed by atoms with Gasteiger partial charge in [-0.25, -0.2) is 0 Å². The molecule has 56 valence electrons. The molecule has 1 rings (SSSR count). The van der Waals surface area contributed by atoms with E-state index in [2.05, 4.69) is 4.74 Å². The van der Waals surface area contributed by atoms with Crippen molar-refractivity contribution < 1.29 is 19.4 Å². The Kier molecular flexibility index (Phi) is 1.69. The van der Waals surface area contributed by atoms with Gasteiger partial charge in [-0.2, -0.15) is 0 Å². The molecule has 0 aromatic carbocycles. The molecule has 1 heterocycles. The van der Waals surface area contributed by atoms with Crippen LogP contribution in [0.3, 0.4) is 0 Å². The molecular formula is C5H7NO4. The number of aliphatic carboxylic acids is 1. The summed E-state index contributed by atoms with van der Waals surface area (Å²) in [6, 6.07) is 0. The molecule has 5 heteroatoms. The van der Waals surface area contributed by atoms with Crippen molar-refractivity contribution >= 4 is 11.8 Å². The summed E-state index contributed by atoms with van der Waals surface area (Å²) >= 11 is 0. The molecule has 1 aliphatic rings. The van der Waals surface area contributed by atoms with E-state index in [0.717, 1.165) is 0 Å². The summed E-state index contributed by atoms with van der Waals surface area (Å²) < 4.78 is 4.54. The maximum atomic E-state index is 10.6. The highest BCUT2D eigenvalue weighted by Gasteiger charge is 2.42. The molecule has 0 spiro atoms. The van der Waals surface area contributed by atoms with Crippen molar-refractivity contribution in [2.24, 2.45) is 5.73 Å². The topological polar surface area (TPSA) is 92.9 Å².